The molecule has 0 spiro atoms. The van der Waals surface area contributed by atoms with Gasteiger partial charge in [-0.3, -0.25) is 4.79 Å². The van der Waals surface area contributed by atoms with Crippen molar-refractivity contribution in [3.63, 3.8) is 0 Å². The topological polar surface area (TPSA) is 57.5 Å². The van der Waals surface area contributed by atoms with Gasteiger partial charge < -0.3 is 10.2 Å². The Hall–Kier alpha value is -1.61. The molecule has 0 heterocycles. The van der Waals surface area contributed by atoms with E-state index in [1.807, 2.05) is 36.4 Å². The summed E-state index contributed by atoms with van der Waals surface area (Å²) in [6.07, 6.45) is 5.35. The van der Waals surface area contributed by atoms with Crippen LogP contribution in [0.3, 0.4) is 0 Å². The molecule has 1 aliphatic rings. The zero-order valence-electron chi connectivity index (χ0n) is 12.7. The van der Waals surface area contributed by atoms with E-state index in [1.54, 1.807) is 0 Å². The number of rotatable bonds is 5. The minimum atomic E-state index is -0.820. The Morgan fingerprint density at radius 1 is 1.19 bits per heavy atom. The molecule has 1 aliphatic carbocycles. The van der Waals surface area contributed by atoms with Crippen LogP contribution in [-0.4, -0.2) is 16.2 Å². The van der Waals surface area contributed by atoms with Gasteiger partial charge in [-0.1, -0.05) is 50.3 Å². The maximum atomic E-state index is 11.3. The molecule has 4 atom stereocenters. The highest BCUT2D eigenvalue weighted by atomic mass is 16.4. The highest BCUT2D eigenvalue weighted by Gasteiger charge is 2.34. The molecule has 4 unspecified atom stereocenters. The molecule has 0 bridgehead atoms. The summed E-state index contributed by atoms with van der Waals surface area (Å²) in [6, 6.07) is 7.95. The van der Waals surface area contributed by atoms with Crippen LogP contribution < -0.4 is 0 Å². The number of aliphatic hydroxyl groups is 1. The molecule has 1 aromatic rings. The summed E-state index contributed by atoms with van der Waals surface area (Å²) in [4.78, 5) is 11.3. The van der Waals surface area contributed by atoms with E-state index in [4.69, 9.17) is 0 Å². The van der Waals surface area contributed by atoms with Crippen molar-refractivity contribution in [2.45, 2.75) is 45.1 Å². The van der Waals surface area contributed by atoms with Gasteiger partial charge in [-0.25, -0.2) is 0 Å². The lowest BCUT2D eigenvalue weighted by Crippen LogP contribution is -2.29. The first-order valence-electron chi connectivity index (χ1n) is 7.70. The lowest BCUT2D eigenvalue weighted by Gasteiger charge is -2.30. The third-order valence-electron chi connectivity index (χ3n) is 4.66. The van der Waals surface area contributed by atoms with E-state index in [0.717, 1.165) is 12.0 Å². The summed E-state index contributed by atoms with van der Waals surface area (Å²) >= 11 is 0. The van der Waals surface area contributed by atoms with Crippen molar-refractivity contribution >= 4 is 5.97 Å². The zero-order chi connectivity index (χ0) is 15.4. The maximum absolute atomic E-state index is 11.3. The molecular formula is C18H24O3. The Bertz CT molecular complexity index is 504. The molecule has 0 saturated heterocycles. The molecule has 1 aromatic carbocycles. The van der Waals surface area contributed by atoms with Gasteiger partial charge in [0, 0.05) is 5.92 Å². The highest BCUT2D eigenvalue weighted by Crippen LogP contribution is 2.36. The lowest BCUT2D eigenvalue weighted by atomic mass is 9.77. The molecule has 2 rings (SSSR count). The van der Waals surface area contributed by atoms with Crippen LogP contribution in [0.4, 0.5) is 0 Å². The molecule has 0 fully saturated rings. The van der Waals surface area contributed by atoms with Gasteiger partial charge >= 0.3 is 5.97 Å². The van der Waals surface area contributed by atoms with Crippen molar-refractivity contribution in [2.24, 2.45) is 11.8 Å². The lowest BCUT2D eigenvalue weighted by molar-refractivity contribution is -0.145. The van der Waals surface area contributed by atoms with Crippen LogP contribution in [-0.2, 0) is 4.79 Å². The van der Waals surface area contributed by atoms with Gasteiger partial charge in [0.1, 0.15) is 0 Å². The number of aliphatic carboxylic acids is 1. The molecule has 0 aromatic heterocycles. The molecule has 0 amide bonds. The first-order chi connectivity index (χ1) is 10.0. The smallest absolute Gasteiger partial charge is 0.307 e. The van der Waals surface area contributed by atoms with Crippen molar-refractivity contribution in [3.05, 3.63) is 47.5 Å². The van der Waals surface area contributed by atoms with E-state index >= 15 is 0 Å². The number of carbonyl (C=O) groups is 1. The number of hydrogen-bond donors (Lipinski definition) is 2. The van der Waals surface area contributed by atoms with E-state index in [9.17, 15) is 15.0 Å². The standard InChI is InChI=1S/C18H24O3/c1-3-12(2)13-8-10-14(11-9-13)17(19)15-6-4-5-7-16(15)18(20)21/h4-5,8-12,15-17,19H,3,6-7H2,1-2H3,(H,20,21). The van der Waals surface area contributed by atoms with Gasteiger partial charge in [0.05, 0.1) is 12.0 Å². The zero-order valence-corrected chi connectivity index (χ0v) is 12.7. The molecule has 3 nitrogen and oxygen atoms in total. The molecule has 2 N–H and O–H groups in total. The number of carboxylic acids is 1. The van der Waals surface area contributed by atoms with Gasteiger partial charge in [-0.2, -0.15) is 0 Å². The quantitative estimate of drug-likeness (QED) is 0.808. The second-order valence-electron chi connectivity index (χ2n) is 5.97. The normalized spacial score (nSPS) is 24.5. The van der Waals surface area contributed by atoms with Crippen LogP contribution in [0.25, 0.3) is 0 Å². The predicted octanol–water partition coefficient (Wildman–Crippen LogP) is 3.90. The fourth-order valence-electron chi connectivity index (χ4n) is 2.97. The summed E-state index contributed by atoms with van der Waals surface area (Å²) in [6.45, 7) is 4.33. The van der Waals surface area contributed by atoms with Crippen molar-refractivity contribution < 1.29 is 15.0 Å². The van der Waals surface area contributed by atoms with Crippen LogP contribution in [0, 0.1) is 11.8 Å². The minimum Gasteiger partial charge on any atom is -0.481 e. The second kappa shape index (κ2) is 6.90. The monoisotopic (exact) mass is 288 g/mol. The molecule has 0 radical (unpaired) electrons. The van der Waals surface area contributed by atoms with Crippen LogP contribution in [0.5, 0.6) is 0 Å². The van der Waals surface area contributed by atoms with Crippen molar-refractivity contribution in [1.82, 2.24) is 0 Å². The summed E-state index contributed by atoms with van der Waals surface area (Å²) < 4.78 is 0. The van der Waals surface area contributed by atoms with Gasteiger partial charge in [-0.15, -0.1) is 0 Å². The fraction of sp³-hybridized carbons (Fsp3) is 0.500. The van der Waals surface area contributed by atoms with E-state index in [2.05, 4.69) is 13.8 Å². The Morgan fingerprint density at radius 2 is 1.76 bits per heavy atom. The van der Waals surface area contributed by atoms with Gasteiger partial charge in [0.15, 0.2) is 0 Å². The Labute approximate surface area is 126 Å². The average molecular weight is 288 g/mol. The number of carboxylic acid groups (broad SMARTS) is 1. The van der Waals surface area contributed by atoms with Crippen LogP contribution in [0.1, 0.15) is 56.3 Å². The number of allylic oxidation sites excluding steroid dienone is 2. The van der Waals surface area contributed by atoms with Gasteiger partial charge in [0.25, 0.3) is 0 Å². The predicted molar refractivity (Wildman–Crippen MR) is 83.1 cm³/mol. The van der Waals surface area contributed by atoms with Crippen molar-refractivity contribution in [2.75, 3.05) is 0 Å². The van der Waals surface area contributed by atoms with Crippen LogP contribution >= 0.6 is 0 Å². The first kappa shape index (κ1) is 15.8. The molecule has 114 valence electrons. The Balaban J connectivity index is 2.16. The summed E-state index contributed by atoms with van der Waals surface area (Å²) in [7, 11) is 0. The van der Waals surface area contributed by atoms with Gasteiger partial charge in [0.2, 0.25) is 0 Å². The molecule has 3 heteroatoms. The van der Waals surface area contributed by atoms with E-state index < -0.39 is 18.0 Å². The van der Waals surface area contributed by atoms with E-state index in [1.165, 1.54) is 5.56 Å². The Kier molecular flexibility index (Phi) is 5.18. The summed E-state index contributed by atoms with van der Waals surface area (Å²) in [5.41, 5.74) is 2.07. The SMILES string of the molecule is CCC(C)c1ccc(C(O)C2CC=CCC2C(=O)O)cc1. The third-order valence-corrected chi connectivity index (χ3v) is 4.66. The van der Waals surface area contributed by atoms with Crippen molar-refractivity contribution in [3.8, 4) is 0 Å². The summed E-state index contributed by atoms with van der Waals surface area (Å²) in [5, 5.41) is 19.9. The first-order valence-corrected chi connectivity index (χ1v) is 7.70. The van der Waals surface area contributed by atoms with Gasteiger partial charge in [-0.05, 0) is 36.3 Å². The molecule has 0 aliphatic heterocycles. The van der Waals surface area contributed by atoms with Crippen LogP contribution in [0.2, 0.25) is 0 Å². The van der Waals surface area contributed by atoms with Crippen molar-refractivity contribution in [1.29, 1.82) is 0 Å². The third kappa shape index (κ3) is 3.53. The van der Waals surface area contributed by atoms with E-state index in [-0.39, 0.29) is 5.92 Å². The number of aliphatic hydroxyl groups excluding tert-OH is 1. The largest absolute Gasteiger partial charge is 0.481 e. The molecule has 21 heavy (non-hydrogen) atoms. The number of benzene rings is 1. The molecular weight excluding hydrogens is 264 g/mol. The fourth-order valence-corrected chi connectivity index (χ4v) is 2.97. The minimum absolute atomic E-state index is 0.248. The molecule has 0 saturated carbocycles. The average Bonchev–Trinajstić information content (AvgIpc) is 2.53. The number of hydrogen-bond acceptors (Lipinski definition) is 2. The maximum Gasteiger partial charge on any atom is 0.307 e. The Morgan fingerprint density at radius 3 is 2.33 bits per heavy atom. The van der Waals surface area contributed by atoms with E-state index in [0.29, 0.717) is 18.8 Å². The highest BCUT2D eigenvalue weighted by molar-refractivity contribution is 5.71. The van der Waals surface area contributed by atoms with Crippen LogP contribution in [0.15, 0.2) is 36.4 Å². The second-order valence-corrected chi connectivity index (χ2v) is 5.97. The summed E-state index contributed by atoms with van der Waals surface area (Å²) in [5.74, 6) is -1.07.